The van der Waals surface area contributed by atoms with E-state index in [2.05, 4.69) is 11.9 Å². The largest absolute Gasteiger partial charge is 0.490 e. The smallest absolute Gasteiger partial charge is 0.169 e. The van der Waals surface area contributed by atoms with E-state index in [1.807, 2.05) is 24.3 Å². The minimum absolute atomic E-state index is 0.430. The van der Waals surface area contributed by atoms with Gasteiger partial charge < -0.3 is 15.2 Å². The molecule has 0 bridgehead atoms. The topological polar surface area (TPSA) is 57.4 Å². The lowest BCUT2D eigenvalue weighted by Gasteiger charge is -2.11. The molecular weight excluding hydrogens is 228 g/mol. The maximum Gasteiger partial charge on any atom is 0.169 e. The Morgan fingerprint density at radius 2 is 1.94 bits per heavy atom. The molecule has 4 heteroatoms. The highest BCUT2D eigenvalue weighted by Gasteiger charge is 2.05. The molecule has 0 unspecified atom stereocenters. The van der Waals surface area contributed by atoms with E-state index in [-0.39, 0.29) is 0 Å². The van der Waals surface area contributed by atoms with Crippen LogP contribution in [-0.4, -0.2) is 11.6 Å². The van der Waals surface area contributed by atoms with Crippen molar-refractivity contribution in [2.24, 2.45) is 0 Å². The predicted molar refractivity (Wildman–Crippen MR) is 71.0 cm³/mol. The first-order chi connectivity index (χ1) is 8.79. The quantitative estimate of drug-likeness (QED) is 0.877. The highest BCUT2D eigenvalue weighted by atomic mass is 16.5. The van der Waals surface area contributed by atoms with E-state index >= 15 is 0 Å². The Balaban J connectivity index is 2.17. The van der Waals surface area contributed by atoms with E-state index in [4.69, 9.17) is 15.2 Å². The van der Waals surface area contributed by atoms with Crippen LogP contribution >= 0.6 is 0 Å². The summed E-state index contributed by atoms with van der Waals surface area (Å²) in [6, 6.07) is 11.0. The molecular formula is C14H16N2O2. The molecule has 4 nitrogen and oxygen atoms in total. The second-order valence-corrected chi connectivity index (χ2v) is 3.81. The summed E-state index contributed by atoms with van der Waals surface area (Å²) in [6.45, 7) is 2.73. The van der Waals surface area contributed by atoms with Crippen LogP contribution in [0.5, 0.6) is 17.2 Å². The maximum atomic E-state index is 5.74. The van der Waals surface area contributed by atoms with Gasteiger partial charge in [-0.1, -0.05) is 19.1 Å². The molecule has 0 atom stereocenters. The van der Waals surface area contributed by atoms with Gasteiger partial charge in [0.2, 0.25) is 0 Å². The van der Waals surface area contributed by atoms with Gasteiger partial charge in [0.15, 0.2) is 11.5 Å². The van der Waals surface area contributed by atoms with Gasteiger partial charge in [-0.05, 0) is 24.6 Å². The standard InChI is InChI=1S/C14H16N2O2/c1-2-9-17-12-5-3-4-6-13(12)18-11-7-8-16-14(15)10-11/h3-8,10H,2,9H2,1H3,(H2,15,16). The van der Waals surface area contributed by atoms with Crippen molar-refractivity contribution in [2.45, 2.75) is 13.3 Å². The van der Waals surface area contributed by atoms with Gasteiger partial charge in [-0.25, -0.2) is 4.98 Å². The number of pyridine rings is 1. The van der Waals surface area contributed by atoms with E-state index < -0.39 is 0 Å². The summed E-state index contributed by atoms with van der Waals surface area (Å²) in [7, 11) is 0. The van der Waals surface area contributed by atoms with Gasteiger partial charge >= 0.3 is 0 Å². The monoisotopic (exact) mass is 244 g/mol. The van der Waals surface area contributed by atoms with Crippen molar-refractivity contribution in [3.05, 3.63) is 42.6 Å². The zero-order chi connectivity index (χ0) is 12.8. The van der Waals surface area contributed by atoms with Gasteiger partial charge in [0.05, 0.1) is 6.61 Å². The molecule has 1 aromatic heterocycles. The van der Waals surface area contributed by atoms with Crippen molar-refractivity contribution < 1.29 is 9.47 Å². The fraction of sp³-hybridized carbons (Fsp3) is 0.214. The predicted octanol–water partition coefficient (Wildman–Crippen LogP) is 3.24. The molecule has 94 valence electrons. The lowest BCUT2D eigenvalue weighted by molar-refractivity contribution is 0.302. The van der Waals surface area contributed by atoms with Crippen LogP contribution in [0, 0.1) is 0 Å². The number of ether oxygens (including phenoxy) is 2. The van der Waals surface area contributed by atoms with Gasteiger partial charge in [-0.3, -0.25) is 0 Å². The Labute approximate surface area is 106 Å². The molecule has 2 aromatic rings. The zero-order valence-electron chi connectivity index (χ0n) is 10.3. The van der Waals surface area contributed by atoms with Crippen molar-refractivity contribution in [2.75, 3.05) is 12.3 Å². The van der Waals surface area contributed by atoms with E-state index in [0.717, 1.165) is 12.2 Å². The molecule has 0 aliphatic rings. The molecule has 0 aliphatic carbocycles. The first-order valence-corrected chi connectivity index (χ1v) is 5.91. The second kappa shape index (κ2) is 5.91. The van der Waals surface area contributed by atoms with Crippen molar-refractivity contribution in [3.63, 3.8) is 0 Å². The van der Waals surface area contributed by atoms with E-state index in [9.17, 15) is 0 Å². The van der Waals surface area contributed by atoms with Crippen molar-refractivity contribution in [3.8, 4) is 17.2 Å². The summed E-state index contributed by atoms with van der Waals surface area (Å²) < 4.78 is 11.4. The number of nitrogen functional groups attached to an aromatic ring is 1. The van der Waals surface area contributed by atoms with E-state index in [1.165, 1.54) is 0 Å². The summed E-state index contributed by atoms with van der Waals surface area (Å²) >= 11 is 0. The van der Waals surface area contributed by atoms with Gasteiger partial charge in [-0.15, -0.1) is 0 Å². The van der Waals surface area contributed by atoms with Crippen molar-refractivity contribution in [1.29, 1.82) is 0 Å². The minimum atomic E-state index is 0.430. The number of nitrogens with two attached hydrogens (primary N) is 1. The molecule has 0 spiro atoms. The van der Waals surface area contributed by atoms with Crippen LogP contribution in [0.1, 0.15) is 13.3 Å². The number of anilines is 1. The lowest BCUT2D eigenvalue weighted by atomic mass is 10.3. The first-order valence-electron chi connectivity index (χ1n) is 5.91. The molecule has 2 N–H and O–H groups in total. The number of para-hydroxylation sites is 2. The Bertz CT molecular complexity index is 515. The van der Waals surface area contributed by atoms with Crippen LogP contribution in [-0.2, 0) is 0 Å². The fourth-order valence-corrected chi connectivity index (χ4v) is 1.48. The number of hydrogen-bond donors (Lipinski definition) is 1. The van der Waals surface area contributed by atoms with Crippen molar-refractivity contribution >= 4 is 5.82 Å². The number of aromatic nitrogens is 1. The Kier molecular flexibility index (Phi) is 4.02. The summed E-state index contributed by atoms with van der Waals surface area (Å²) in [4.78, 5) is 3.92. The number of nitrogens with zero attached hydrogens (tertiary/aromatic N) is 1. The van der Waals surface area contributed by atoms with Crippen LogP contribution in [0.2, 0.25) is 0 Å². The molecule has 0 aliphatic heterocycles. The molecule has 1 heterocycles. The molecule has 2 rings (SSSR count). The summed E-state index contributed by atoms with van der Waals surface area (Å²) in [5.41, 5.74) is 5.61. The van der Waals surface area contributed by atoms with Gasteiger partial charge in [0.1, 0.15) is 11.6 Å². The average molecular weight is 244 g/mol. The number of benzene rings is 1. The molecule has 18 heavy (non-hydrogen) atoms. The minimum Gasteiger partial charge on any atom is -0.490 e. The first kappa shape index (κ1) is 12.2. The number of rotatable bonds is 5. The summed E-state index contributed by atoms with van der Waals surface area (Å²) in [5.74, 6) is 2.49. The fourth-order valence-electron chi connectivity index (χ4n) is 1.48. The van der Waals surface area contributed by atoms with E-state index in [0.29, 0.717) is 23.9 Å². The van der Waals surface area contributed by atoms with E-state index in [1.54, 1.807) is 18.3 Å². The zero-order valence-corrected chi connectivity index (χ0v) is 10.3. The molecule has 1 aromatic carbocycles. The summed E-state index contributed by atoms with van der Waals surface area (Å²) in [6.07, 6.45) is 2.57. The third kappa shape index (κ3) is 3.13. The third-order valence-corrected chi connectivity index (χ3v) is 2.29. The normalized spacial score (nSPS) is 10.1. The Hall–Kier alpha value is -2.23. The highest BCUT2D eigenvalue weighted by molar-refractivity contribution is 5.44. The van der Waals surface area contributed by atoms with Gasteiger partial charge in [0.25, 0.3) is 0 Å². The molecule has 0 fully saturated rings. The van der Waals surface area contributed by atoms with Crippen LogP contribution in [0.3, 0.4) is 0 Å². The van der Waals surface area contributed by atoms with Crippen LogP contribution in [0.15, 0.2) is 42.6 Å². The maximum absolute atomic E-state index is 5.74. The Morgan fingerprint density at radius 3 is 2.67 bits per heavy atom. The van der Waals surface area contributed by atoms with Crippen LogP contribution < -0.4 is 15.2 Å². The van der Waals surface area contributed by atoms with Gasteiger partial charge in [-0.2, -0.15) is 0 Å². The SMILES string of the molecule is CCCOc1ccccc1Oc1ccnc(N)c1. The molecule has 0 saturated heterocycles. The lowest BCUT2D eigenvalue weighted by Crippen LogP contribution is -1.97. The summed E-state index contributed by atoms with van der Waals surface area (Å²) in [5, 5.41) is 0. The van der Waals surface area contributed by atoms with Gasteiger partial charge in [0, 0.05) is 12.3 Å². The molecule has 0 radical (unpaired) electrons. The molecule has 0 saturated carbocycles. The van der Waals surface area contributed by atoms with Crippen molar-refractivity contribution in [1.82, 2.24) is 4.98 Å². The molecule has 0 amide bonds. The average Bonchev–Trinajstić information content (AvgIpc) is 2.38. The van der Waals surface area contributed by atoms with Crippen LogP contribution in [0.25, 0.3) is 0 Å². The Morgan fingerprint density at radius 1 is 1.17 bits per heavy atom. The highest BCUT2D eigenvalue weighted by Crippen LogP contribution is 2.31. The number of hydrogen-bond acceptors (Lipinski definition) is 4. The third-order valence-electron chi connectivity index (χ3n) is 2.29. The van der Waals surface area contributed by atoms with Crippen LogP contribution in [0.4, 0.5) is 5.82 Å². The second-order valence-electron chi connectivity index (χ2n) is 3.81.